The molecule has 10 atom stereocenters. The van der Waals surface area contributed by atoms with Gasteiger partial charge in [-0.25, -0.2) is 0 Å². The van der Waals surface area contributed by atoms with Crippen LogP contribution < -0.4 is 9.47 Å². The molecule has 10 rings (SSSR count). The maximum absolute atomic E-state index is 11.2. The summed E-state index contributed by atoms with van der Waals surface area (Å²) in [4.78, 5) is 13.7. The average molecular weight is 649 g/mol. The summed E-state index contributed by atoms with van der Waals surface area (Å²) in [5.41, 5.74) is 3.69. The number of aromatic nitrogens is 2. The second-order valence-corrected chi connectivity index (χ2v) is 13.9. The first kappa shape index (κ1) is 32.7. The molecule has 6 aliphatic rings. The van der Waals surface area contributed by atoms with Gasteiger partial charge in [-0.1, -0.05) is 12.2 Å². The van der Waals surface area contributed by atoms with Crippen LogP contribution in [0.25, 0.3) is 21.8 Å². The summed E-state index contributed by atoms with van der Waals surface area (Å²) in [6, 6.07) is 15.9. The van der Waals surface area contributed by atoms with Gasteiger partial charge < -0.3 is 19.7 Å². The number of benzene rings is 2. The molecular weight excluding hydrogens is 600 g/mol. The minimum absolute atomic E-state index is 0.178. The zero-order chi connectivity index (χ0) is 33.4. The van der Waals surface area contributed by atoms with Crippen molar-refractivity contribution in [2.75, 3.05) is 40.4 Å². The van der Waals surface area contributed by atoms with Gasteiger partial charge in [0.15, 0.2) is 0 Å². The number of hydrogen-bond donors (Lipinski definition) is 2. The molecule has 2 N–H and O–H groups in total. The van der Waals surface area contributed by atoms with Gasteiger partial charge in [0, 0.05) is 48.3 Å². The summed E-state index contributed by atoms with van der Waals surface area (Å²) < 4.78 is 10.7. The summed E-state index contributed by atoms with van der Waals surface area (Å²) in [5.74, 6) is 4.01. The molecule has 6 unspecified atom stereocenters. The van der Waals surface area contributed by atoms with E-state index in [1.165, 1.54) is 12.8 Å². The quantitative estimate of drug-likeness (QED) is 0.214. The fourth-order valence-electron chi connectivity index (χ4n) is 8.89. The van der Waals surface area contributed by atoms with Crippen molar-refractivity contribution in [2.45, 2.75) is 50.0 Å². The molecular formula is C40H48N4O4. The predicted molar refractivity (Wildman–Crippen MR) is 190 cm³/mol. The van der Waals surface area contributed by atoms with Crippen molar-refractivity contribution < 1.29 is 19.7 Å². The van der Waals surface area contributed by atoms with E-state index in [1.54, 1.807) is 26.6 Å². The first-order chi connectivity index (χ1) is 23.4. The number of pyridine rings is 2. The van der Waals surface area contributed by atoms with Gasteiger partial charge in [-0.2, -0.15) is 0 Å². The average Bonchev–Trinajstić information content (AvgIpc) is 3.16. The van der Waals surface area contributed by atoms with Crippen molar-refractivity contribution in [1.29, 1.82) is 0 Å². The van der Waals surface area contributed by atoms with Crippen molar-refractivity contribution in [3.05, 3.63) is 97.4 Å². The molecule has 4 bridgehead atoms. The van der Waals surface area contributed by atoms with Crippen LogP contribution in [-0.2, 0) is 0 Å². The third-order valence-corrected chi connectivity index (χ3v) is 11.6. The minimum atomic E-state index is -0.504. The summed E-state index contributed by atoms with van der Waals surface area (Å²) in [7, 11) is 3.32. The lowest BCUT2D eigenvalue weighted by molar-refractivity contribution is -0.0445. The molecule has 2 aromatic carbocycles. The third-order valence-electron chi connectivity index (χ3n) is 11.6. The Morgan fingerprint density at radius 1 is 0.708 bits per heavy atom. The van der Waals surface area contributed by atoms with E-state index in [-0.39, 0.29) is 12.1 Å². The molecule has 0 amide bonds. The highest BCUT2D eigenvalue weighted by Crippen LogP contribution is 2.43. The molecule has 252 valence electrons. The van der Waals surface area contributed by atoms with Crippen LogP contribution in [0.3, 0.4) is 0 Å². The zero-order valence-corrected chi connectivity index (χ0v) is 28.1. The van der Waals surface area contributed by atoms with E-state index >= 15 is 0 Å². The maximum Gasteiger partial charge on any atom is 0.119 e. The largest absolute Gasteiger partial charge is 0.497 e. The van der Waals surface area contributed by atoms with Gasteiger partial charge >= 0.3 is 0 Å². The van der Waals surface area contributed by atoms with Gasteiger partial charge in [-0.05, 0) is 122 Å². The molecule has 4 aromatic rings. The number of hydrogen-bond acceptors (Lipinski definition) is 8. The second-order valence-electron chi connectivity index (χ2n) is 13.9. The smallest absolute Gasteiger partial charge is 0.119 e. The summed E-state index contributed by atoms with van der Waals surface area (Å²) >= 11 is 0. The Kier molecular flexibility index (Phi) is 9.52. The van der Waals surface area contributed by atoms with Crippen LogP contribution in [0.2, 0.25) is 0 Å². The van der Waals surface area contributed by atoms with Crippen LogP contribution in [0.5, 0.6) is 11.5 Å². The number of aliphatic hydroxyl groups is 2. The predicted octanol–water partition coefficient (Wildman–Crippen LogP) is 6.35. The summed E-state index contributed by atoms with van der Waals surface area (Å²) in [6.07, 6.45) is 11.2. The lowest BCUT2D eigenvalue weighted by atomic mass is 9.73. The number of ether oxygens (including phenoxy) is 2. The Morgan fingerprint density at radius 3 is 1.50 bits per heavy atom. The highest BCUT2D eigenvalue weighted by atomic mass is 16.5. The molecule has 8 heteroatoms. The maximum atomic E-state index is 11.2. The van der Waals surface area contributed by atoms with Crippen molar-refractivity contribution in [1.82, 2.24) is 19.8 Å². The van der Waals surface area contributed by atoms with E-state index in [1.807, 2.05) is 48.5 Å². The third kappa shape index (κ3) is 6.11. The molecule has 8 heterocycles. The minimum Gasteiger partial charge on any atom is -0.497 e. The van der Waals surface area contributed by atoms with Crippen molar-refractivity contribution in [2.24, 2.45) is 23.7 Å². The van der Waals surface area contributed by atoms with E-state index in [9.17, 15) is 10.2 Å². The monoisotopic (exact) mass is 648 g/mol. The number of piperidine rings is 6. The van der Waals surface area contributed by atoms with Crippen molar-refractivity contribution >= 4 is 21.8 Å². The standard InChI is InChI=1S/2C20H24N2O2/c2*1-3-13-12-22-9-7-14(13)10-19(22)20(23)16-6-8-21-18-5-4-15(24-2)11-17(16)18/h2*3-6,8,11,13-14,19-20,23H,1,7,9-10,12H2,2H3/t13-,14-,19+,20?;/m0./s1. The number of nitrogens with zero attached hydrogens (tertiary/aromatic N) is 4. The highest BCUT2D eigenvalue weighted by molar-refractivity contribution is 5.84. The zero-order valence-electron chi connectivity index (χ0n) is 28.1. The Balaban J connectivity index is 0.000000152. The molecule has 0 spiro atoms. The second kappa shape index (κ2) is 14.0. The van der Waals surface area contributed by atoms with Crippen LogP contribution >= 0.6 is 0 Å². The molecule has 6 aliphatic heterocycles. The van der Waals surface area contributed by atoms with Gasteiger partial charge in [-0.15, -0.1) is 13.2 Å². The lowest BCUT2D eigenvalue weighted by Crippen LogP contribution is -2.54. The molecule has 48 heavy (non-hydrogen) atoms. The Bertz CT molecular complexity index is 1650. The van der Waals surface area contributed by atoms with Gasteiger partial charge in [0.05, 0.1) is 37.5 Å². The Labute approximate surface area is 283 Å². The first-order valence-electron chi connectivity index (χ1n) is 17.4. The molecule has 6 saturated heterocycles. The van der Waals surface area contributed by atoms with Crippen LogP contribution in [-0.4, -0.2) is 82.5 Å². The topological polar surface area (TPSA) is 91.2 Å². The lowest BCUT2D eigenvalue weighted by Gasteiger charge is -2.50. The SMILES string of the molecule is C=CC1CN2CCC1CC2C(O)c1ccnc2ccc(OC)cc12.C=C[C@H]1C[N@]2CC[C@H]1C[C@@H]2C(O)c1ccnc2ccc(OC)cc12. The van der Waals surface area contributed by atoms with E-state index in [4.69, 9.17) is 9.47 Å². The number of fused-ring (bicyclic) bond motifs is 8. The summed E-state index contributed by atoms with van der Waals surface area (Å²) in [6.45, 7) is 12.1. The normalized spacial score (nSPS) is 30.2. The van der Waals surface area contributed by atoms with Gasteiger partial charge in [0.25, 0.3) is 0 Å². The van der Waals surface area contributed by atoms with E-state index < -0.39 is 12.2 Å². The van der Waals surface area contributed by atoms with Crippen molar-refractivity contribution in [3.8, 4) is 11.5 Å². The molecule has 0 radical (unpaired) electrons. The van der Waals surface area contributed by atoms with E-state index in [0.717, 1.165) is 83.5 Å². The van der Waals surface area contributed by atoms with Crippen LogP contribution in [0.15, 0.2) is 86.2 Å². The molecule has 8 nitrogen and oxygen atoms in total. The molecule has 0 aliphatic carbocycles. The number of rotatable bonds is 8. The molecule has 2 aromatic heterocycles. The fourth-order valence-corrected chi connectivity index (χ4v) is 8.89. The van der Waals surface area contributed by atoms with E-state index in [0.29, 0.717) is 23.7 Å². The fraction of sp³-hybridized carbons (Fsp3) is 0.450. The van der Waals surface area contributed by atoms with Gasteiger partial charge in [0.2, 0.25) is 0 Å². The van der Waals surface area contributed by atoms with Crippen molar-refractivity contribution in [3.63, 3.8) is 0 Å². The summed E-state index contributed by atoms with van der Waals surface area (Å²) in [5, 5.41) is 24.3. The number of methoxy groups -OCH3 is 2. The van der Waals surface area contributed by atoms with Gasteiger partial charge in [-0.3, -0.25) is 19.8 Å². The van der Waals surface area contributed by atoms with Crippen LogP contribution in [0, 0.1) is 23.7 Å². The molecule has 0 saturated carbocycles. The van der Waals surface area contributed by atoms with E-state index in [2.05, 4.69) is 45.1 Å². The van der Waals surface area contributed by atoms with Crippen LogP contribution in [0.4, 0.5) is 0 Å². The molecule has 6 fully saturated rings. The van der Waals surface area contributed by atoms with Gasteiger partial charge in [0.1, 0.15) is 11.5 Å². The number of aliphatic hydroxyl groups excluding tert-OH is 2. The highest BCUT2D eigenvalue weighted by Gasteiger charge is 2.43. The van der Waals surface area contributed by atoms with Crippen LogP contribution in [0.1, 0.15) is 49.0 Å². The Morgan fingerprint density at radius 2 is 1.15 bits per heavy atom. The first-order valence-corrected chi connectivity index (χ1v) is 17.4. The Hall–Kier alpha value is -3.82.